The van der Waals surface area contributed by atoms with Crippen LogP contribution < -0.4 is 4.74 Å². The van der Waals surface area contributed by atoms with Gasteiger partial charge < -0.3 is 4.74 Å². The van der Waals surface area contributed by atoms with Gasteiger partial charge in [-0.2, -0.15) is 0 Å². The standard InChI is InChI=1S/C15H15FO/c1-12-6-8-14(9-7-12)17-11-10-13-4-2-3-5-15(13)16/h2-9H,10-11H2,1H3. The van der Waals surface area contributed by atoms with Crippen molar-refractivity contribution in [2.45, 2.75) is 13.3 Å². The number of hydrogen-bond acceptors (Lipinski definition) is 1. The molecule has 0 heterocycles. The first-order chi connectivity index (χ1) is 8.25. The molecule has 0 amide bonds. The van der Waals surface area contributed by atoms with Crippen LogP contribution in [0.25, 0.3) is 0 Å². The van der Waals surface area contributed by atoms with Crippen LogP contribution in [0, 0.1) is 12.7 Å². The molecule has 0 spiro atoms. The first-order valence-electron chi connectivity index (χ1n) is 5.68. The van der Waals surface area contributed by atoms with E-state index in [1.807, 2.05) is 37.3 Å². The first kappa shape index (κ1) is 11.6. The molecule has 2 aromatic rings. The van der Waals surface area contributed by atoms with Gasteiger partial charge in [0.15, 0.2) is 0 Å². The molecule has 1 nitrogen and oxygen atoms in total. The number of ether oxygens (including phenoxy) is 1. The molecule has 0 aromatic heterocycles. The summed E-state index contributed by atoms with van der Waals surface area (Å²) in [5.74, 6) is 0.659. The van der Waals surface area contributed by atoms with E-state index in [0.717, 1.165) is 5.75 Å². The third kappa shape index (κ3) is 3.31. The van der Waals surface area contributed by atoms with E-state index in [4.69, 9.17) is 4.74 Å². The van der Waals surface area contributed by atoms with Crippen LogP contribution in [0.5, 0.6) is 5.75 Å². The summed E-state index contributed by atoms with van der Waals surface area (Å²) < 4.78 is 18.9. The molecule has 88 valence electrons. The molecule has 0 aliphatic carbocycles. The zero-order valence-corrected chi connectivity index (χ0v) is 9.82. The highest BCUT2D eigenvalue weighted by atomic mass is 19.1. The van der Waals surface area contributed by atoms with Crippen molar-refractivity contribution in [2.24, 2.45) is 0 Å². The minimum Gasteiger partial charge on any atom is -0.493 e. The molecule has 0 atom stereocenters. The molecule has 2 heteroatoms. The molecule has 0 aliphatic heterocycles. The van der Waals surface area contributed by atoms with Gasteiger partial charge in [-0.25, -0.2) is 4.39 Å². The molecule has 0 fully saturated rings. The quantitative estimate of drug-likeness (QED) is 0.777. The summed E-state index contributed by atoms with van der Waals surface area (Å²) >= 11 is 0. The van der Waals surface area contributed by atoms with Crippen molar-refractivity contribution in [3.8, 4) is 5.75 Å². The Morgan fingerprint density at radius 1 is 1.00 bits per heavy atom. The van der Waals surface area contributed by atoms with Crippen molar-refractivity contribution in [1.82, 2.24) is 0 Å². The SMILES string of the molecule is Cc1ccc(OCCc2ccccc2F)cc1. The smallest absolute Gasteiger partial charge is 0.126 e. The molecular formula is C15H15FO. The fourth-order valence-corrected chi connectivity index (χ4v) is 1.61. The number of rotatable bonds is 4. The predicted octanol–water partition coefficient (Wildman–Crippen LogP) is 3.76. The summed E-state index contributed by atoms with van der Waals surface area (Å²) in [6, 6.07) is 14.6. The Hall–Kier alpha value is -1.83. The maximum Gasteiger partial charge on any atom is 0.126 e. The van der Waals surface area contributed by atoms with Gasteiger partial charge in [-0.05, 0) is 30.7 Å². The van der Waals surface area contributed by atoms with Gasteiger partial charge in [-0.1, -0.05) is 35.9 Å². The van der Waals surface area contributed by atoms with E-state index in [9.17, 15) is 4.39 Å². The Bertz CT molecular complexity index is 477. The van der Waals surface area contributed by atoms with Gasteiger partial charge in [0.2, 0.25) is 0 Å². The molecule has 0 N–H and O–H groups in total. The van der Waals surface area contributed by atoms with Gasteiger partial charge in [0.1, 0.15) is 11.6 Å². The zero-order chi connectivity index (χ0) is 12.1. The van der Waals surface area contributed by atoms with E-state index in [-0.39, 0.29) is 5.82 Å². The lowest BCUT2D eigenvalue weighted by Gasteiger charge is -2.07. The highest BCUT2D eigenvalue weighted by molar-refractivity contribution is 5.26. The molecule has 17 heavy (non-hydrogen) atoms. The lowest BCUT2D eigenvalue weighted by molar-refractivity contribution is 0.320. The maximum absolute atomic E-state index is 13.3. The lowest BCUT2D eigenvalue weighted by atomic mass is 10.1. The van der Waals surface area contributed by atoms with Crippen LogP contribution in [0.3, 0.4) is 0 Å². The fourth-order valence-electron chi connectivity index (χ4n) is 1.61. The first-order valence-corrected chi connectivity index (χ1v) is 5.68. The van der Waals surface area contributed by atoms with Gasteiger partial charge in [-0.3, -0.25) is 0 Å². The number of aryl methyl sites for hydroxylation is 1. The highest BCUT2D eigenvalue weighted by Crippen LogP contribution is 2.13. The maximum atomic E-state index is 13.3. The van der Waals surface area contributed by atoms with Crippen LogP contribution in [-0.4, -0.2) is 6.61 Å². The van der Waals surface area contributed by atoms with E-state index in [2.05, 4.69) is 0 Å². The molecule has 0 radical (unpaired) electrons. The van der Waals surface area contributed by atoms with Gasteiger partial charge in [-0.15, -0.1) is 0 Å². The molecule has 2 aromatic carbocycles. The lowest BCUT2D eigenvalue weighted by Crippen LogP contribution is -2.02. The third-order valence-electron chi connectivity index (χ3n) is 2.62. The van der Waals surface area contributed by atoms with E-state index >= 15 is 0 Å². The number of hydrogen-bond donors (Lipinski definition) is 0. The van der Waals surface area contributed by atoms with Crippen molar-refractivity contribution in [3.63, 3.8) is 0 Å². The summed E-state index contributed by atoms with van der Waals surface area (Å²) in [4.78, 5) is 0. The second-order valence-electron chi connectivity index (χ2n) is 4.00. The second-order valence-corrected chi connectivity index (χ2v) is 4.00. The Kier molecular flexibility index (Phi) is 3.76. The van der Waals surface area contributed by atoms with Crippen molar-refractivity contribution in [2.75, 3.05) is 6.61 Å². The van der Waals surface area contributed by atoms with Crippen molar-refractivity contribution < 1.29 is 9.13 Å². The van der Waals surface area contributed by atoms with Crippen LogP contribution in [-0.2, 0) is 6.42 Å². The molecular weight excluding hydrogens is 215 g/mol. The van der Waals surface area contributed by atoms with Gasteiger partial charge in [0.25, 0.3) is 0 Å². The Labute approximate surface area is 101 Å². The normalized spacial score (nSPS) is 10.2. The van der Waals surface area contributed by atoms with Crippen LogP contribution in [0.2, 0.25) is 0 Å². The monoisotopic (exact) mass is 230 g/mol. The van der Waals surface area contributed by atoms with E-state index in [1.165, 1.54) is 11.6 Å². The summed E-state index contributed by atoms with van der Waals surface area (Å²) in [6.07, 6.45) is 0.584. The summed E-state index contributed by atoms with van der Waals surface area (Å²) in [5.41, 5.74) is 1.89. The molecule has 0 saturated carbocycles. The average molecular weight is 230 g/mol. The Morgan fingerprint density at radius 3 is 2.41 bits per heavy atom. The Morgan fingerprint density at radius 2 is 1.71 bits per heavy atom. The molecule has 2 rings (SSSR count). The molecule has 0 aliphatic rings. The number of halogens is 1. The van der Waals surface area contributed by atoms with Crippen LogP contribution in [0.4, 0.5) is 4.39 Å². The summed E-state index contributed by atoms with van der Waals surface area (Å²) in [5, 5.41) is 0. The van der Waals surface area contributed by atoms with Crippen molar-refractivity contribution in [3.05, 3.63) is 65.5 Å². The van der Waals surface area contributed by atoms with Crippen molar-refractivity contribution >= 4 is 0 Å². The third-order valence-corrected chi connectivity index (χ3v) is 2.62. The molecule has 0 unspecified atom stereocenters. The van der Waals surface area contributed by atoms with E-state index in [1.54, 1.807) is 12.1 Å². The summed E-state index contributed by atoms with van der Waals surface area (Å²) in [7, 11) is 0. The molecule has 0 saturated heterocycles. The topological polar surface area (TPSA) is 9.23 Å². The predicted molar refractivity (Wildman–Crippen MR) is 66.8 cm³/mol. The Balaban J connectivity index is 1.88. The average Bonchev–Trinajstić information content (AvgIpc) is 2.34. The van der Waals surface area contributed by atoms with Crippen LogP contribution in [0.1, 0.15) is 11.1 Å². The second kappa shape index (κ2) is 5.48. The van der Waals surface area contributed by atoms with E-state index < -0.39 is 0 Å². The minimum atomic E-state index is -0.167. The van der Waals surface area contributed by atoms with E-state index in [0.29, 0.717) is 18.6 Å². The van der Waals surface area contributed by atoms with Crippen LogP contribution >= 0.6 is 0 Å². The van der Waals surface area contributed by atoms with Gasteiger partial charge in [0.05, 0.1) is 6.61 Å². The van der Waals surface area contributed by atoms with Gasteiger partial charge in [0, 0.05) is 6.42 Å². The van der Waals surface area contributed by atoms with Crippen molar-refractivity contribution in [1.29, 1.82) is 0 Å². The van der Waals surface area contributed by atoms with Gasteiger partial charge >= 0.3 is 0 Å². The van der Waals surface area contributed by atoms with Crippen LogP contribution in [0.15, 0.2) is 48.5 Å². The molecule has 0 bridgehead atoms. The fraction of sp³-hybridized carbons (Fsp3) is 0.200. The minimum absolute atomic E-state index is 0.167. The largest absolute Gasteiger partial charge is 0.493 e. The highest BCUT2D eigenvalue weighted by Gasteiger charge is 2.00. The number of benzene rings is 2. The zero-order valence-electron chi connectivity index (χ0n) is 9.82. The summed E-state index contributed by atoms with van der Waals surface area (Å²) in [6.45, 7) is 2.52.